The van der Waals surface area contributed by atoms with Crippen LogP contribution in [0, 0.1) is 0 Å². The van der Waals surface area contributed by atoms with Crippen molar-refractivity contribution in [1.82, 2.24) is 0 Å². The average molecular weight is 279 g/mol. The molecule has 1 aromatic carbocycles. The van der Waals surface area contributed by atoms with E-state index in [0.717, 1.165) is 11.2 Å². The summed E-state index contributed by atoms with van der Waals surface area (Å²) >= 11 is 0. The highest BCUT2D eigenvalue weighted by molar-refractivity contribution is 6.59. The quantitative estimate of drug-likeness (QED) is 0.450. The zero-order chi connectivity index (χ0) is 15.3. The minimum atomic E-state index is -0.0577. The van der Waals surface area contributed by atoms with E-state index >= 15 is 0 Å². The van der Waals surface area contributed by atoms with Gasteiger partial charge in [-0.3, -0.25) is 0 Å². The molecule has 2 nitrogen and oxygen atoms in total. The maximum absolute atomic E-state index is 9.01. The lowest BCUT2D eigenvalue weighted by Crippen LogP contribution is -2.15. The van der Waals surface area contributed by atoms with Gasteiger partial charge in [0.05, 0.1) is 6.61 Å². The molecule has 0 spiro atoms. The van der Waals surface area contributed by atoms with Crippen molar-refractivity contribution in [3.8, 4) is 5.75 Å². The van der Waals surface area contributed by atoms with E-state index in [9.17, 15) is 0 Å². The first-order valence-electron chi connectivity index (χ1n) is 6.81. The van der Waals surface area contributed by atoms with Gasteiger partial charge >= 0.3 is 0 Å². The second-order valence-corrected chi connectivity index (χ2v) is 4.10. The second kappa shape index (κ2) is 10.5. The van der Waals surface area contributed by atoms with Crippen LogP contribution in [0.5, 0.6) is 5.75 Å². The molecule has 107 valence electrons. The van der Waals surface area contributed by atoms with Gasteiger partial charge in [0.15, 0.2) is 7.28 Å². The lowest BCUT2D eigenvalue weighted by atomic mass is 9.70. The van der Waals surface area contributed by atoms with E-state index in [1.807, 2.05) is 74.8 Å². The Hall–Kier alpha value is -2.26. The van der Waals surface area contributed by atoms with Gasteiger partial charge in [-0.2, -0.15) is 0 Å². The fourth-order valence-corrected chi connectivity index (χ4v) is 1.60. The Kier molecular flexibility index (Phi) is 8.42. The number of hydrogen-bond donors (Lipinski definition) is 1. The fourth-order valence-electron chi connectivity index (χ4n) is 1.60. The van der Waals surface area contributed by atoms with Crippen LogP contribution in [-0.2, 0) is 0 Å². The molecule has 0 heterocycles. The van der Waals surface area contributed by atoms with Crippen LogP contribution in [-0.4, -0.2) is 19.0 Å². The molecule has 1 aromatic rings. The molecule has 0 unspecified atom stereocenters. The highest BCUT2D eigenvalue weighted by Gasteiger charge is 2.03. The number of allylic oxidation sites excluding steroid dienone is 6. The van der Waals surface area contributed by atoms with Crippen molar-refractivity contribution in [2.45, 2.75) is 6.92 Å². The summed E-state index contributed by atoms with van der Waals surface area (Å²) in [5, 5.41) is 9.01. The highest BCUT2D eigenvalue weighted by Crippen LogP contribution is 2.11. The molecule has 0 aliphatic rings. The molecular weight excluding hydrogens is 259 g/mol. The van der Waals surface area contributed by atoms with Crippen LogP contribution in [0.25, 0.3) is 0 Å². The normalized spacial score (nSPS) is 12.4. The zero-order valence-electron chi connectivity index (χ0n) is 12.3. The van der Waals surface area contributed by atoms with Gasteiger partial charge in [0, 0.05) is 0 Å². The molecule has 0 saturated carbocycles. The Morgan fingerprint density at radius 3 is 2.81 bits per heavy atom. The molecule has 0 aliphatic carbocycles. The molecule has 0 bridgehead atoms. The number of hydrogen-bond acceptors (Lipinski definition) is 2. The van der Waals surface area contributed by atoms with E-state index in [4.69, 9.17) is 9.84 Å². The van der Waals surface area contributed by atoms with E-state index < -0.39 is 0 Å². The van der Waals surface area contributed by atoms with Crippen molar-refractivity contribution >= 4 is 12.7 Å². The maximum Gasteiger partial charge on any atom is 0.186 e. The lowest BCUT2D eigenvalue weighted by molar-refractivity contribution is 0.334. The highest BCUT2D eigenvalue weighted by atomic mass is 16.5. The van der Waals surface area contributed by atoms with Crippen LogP contribution in [0.1, 0.15) is 6.92 Å². The van der Waals surface area contributed by atoms with Crippen molar-refractivity contribution in [3.63, 3.8) is 0 Å². The van der Waals surface area contributed by atoms with Gasteiger partial charge < -0.3 is 9.84 Å². The van der Waals surface area contributed by atoms with Crippen LogP contribution in [0.15, 0.2) is 85.1 Å². The molecule has 3 heteroatoms. The number of aliphatic hydroxyl groups excluding tert-OH is 1. The summed E-state index contributed by atoms with van der Waals surface area (Å²) in [5.41, 5.74) is 0.967. The van der Waals surface area contributed by atoms with Gasteiger partial charge in [-0.25, -0.2) is 0 Å². The molecule has 1 rings (SSSR count). The molecule has 0 amide bonds. The van der Waals surface area contributed by atoms with E-state index in [1.165, 1.54) is 0 Å². The van der Waals surface area contributed by atoms with Crippen molar-refractivity contribution in [2.75, 3.05) is 6.61 Å². The van der Waals surface area contributed by atoms with E-state index in [0.29, 0.717) is 5.76 Å². The molecule has 21 heavy (non-hydrogen) atoms. The molecule has 0 fully saturated rings. The van der Waals surface area contributed by atoms with E-state index in [1.54, 1.807) is 12.2 Å². The van der Waals surface area contributed by atoms with E-state index in [-0.39, 0.29) is 6.61 Å². The molecule has 0 aromatic heterocycles. The van der Waals surface area contributed by atoms with Crippen LogP contribution in [0.4, 0.5) is 0 Å². The van der Waals surface area contributed by atoms with Crippen molar-refractivity contribution in [3.05, 3.63) is 85.1 Å². The Bertz CT molecular complexity index is 554. The topological polar surface area (TPSA) is 29.5 Å². The molecular formula is C18H20BO2. The standard InChI is InChI=1S/C18H20BO2/c1-3-5-6-9-14-19-17-11-7-8-12-18(17)21-16(10-4-2)13-15-20/h3-14,20H,1,15H2,2H3/b6-5-,10-4-,14-9+,16-13+. The smallest absolute Gasteiger partial charge is 0.186 e. The van der Waals surface area contributed by atoms with Crippen molar-refractivity contribution in [1.29, 1.82) is 0 Å². The Balaban J connectivity index is 2.83. The summed E-state index contributed by atoms with van der Waals surface area (Å²) in [5.74, 6) is 3.30. The second-order valence-electron chi connectivity index (χ2n) is 4.10. The monoisotopic (exact) mass is 279 g/mol. The number of ether oxygens (including phenoxy) is 1. The Morgan fingerprint density at radius 2 is 2.10 bits per heavy atom. The first-order valence-corrected chi connectivity index (χ1v) is 6.81. The van der Waals surface area contributed by atoms with Crippen molar-refractivity contribution < 1.29 is 9.84 Å². The predicted molar refractivity (Wildman–Crippen MR) is 90.9 cm³/mol. The van der Waals surface area contributed by atoms with Gasteiger partial charge in [-0.1, -0.05) is 55.2 Å². The van der Waals surface area contributed by atoms with Crippen LogP contribution < -0.4 is 10.2 Å². The fraction of sp³-hybridized carbons (Fsp3) is 0.111. The predicted octanol–water partition coefficient (Wildman–Crippen LogP) is 3.10. The molecule has 1 N–H and O–H groups in total. The van der Waals surface area contributed by atoms with Crippen LogP contribution in [0.2, 0.25) is 0 Å². The largest absolute Gasteiger partial charge is 0.458 e. The summed E-state index contributed by atoms with van der Waals surface area (Å²) in [4.78, 5) is 0. The number of aliphatic hydroxyl groups is 1. The van der Waals surface area contributed by atoms with Crippen LogP contribution >= 0.6 is 0 Å². The number of para-hydroxylation sites is 1. The third kappa shape index (κ3) is 6.64. The summed E-state index contributed by atoms with van der Waals surface area (Å²) in [7, 11) is 1.97. The molecule has 1 radical (unpaired) electrons. The number of benzene rings is 1. The summed E-state index contributed by atoms with van der Waals surface area (Å²) in [6.45, 7) is 5.46. The zero-order valence-corrected chi connectivity index (χ0v) is 12.3. The lowest BCUT2D eigenvalue weighted by Gasteiger charge is -2.10. The minimum absolute atomic E-state index is 0.0577. The summed E-state index contributed by atoms with van der Waals surface area (Å²) in [6.07, 6.45) is 12.7. The molecule has 0 aliphatic heterocycles. The molecule has 0 atom stereocenters. The number of rotatable bonds is 8. The Morgan fingerprint density at radius 1 is 1.29 bits per heavy atom. The van der Waals surface area contributed by atoms with E-state index in [2.05, 4.69) is 6.58 Å². The average Bonchev–Trinajstić information content (AvgIpc) is 2.49. The van der Waals surface area contributed by atoms with Gasteiger partial charge in [0.25, 0.3) is 0 Å². The summed E-state index contributed by atoms with van der Waals surface area (Å²) < 4.78 is 5.82. The third-order valence-electron chi connectivity index (χ3n) is 2.52. The van der Waals surface area contributed by atoms with Gasteiger partial charge in [0.1, 0.15) is 11.5 Å². The van der Waals surface area contributed by atoms with Gasteiger partial charge in [0.2, 0.25) is 0 Å². The first-order chi connectivity index (χ1) is 10.3. The van der Waals surface area contributed by atoms with Gasteiger partial charge in [-0.05, 0) is 30.6 Å². The molecule has 0 saturated heterocycles. The SMILES string of the molecule is C=C/C=C\C=C\[B]c1ccccc1OC(/C=C\C)=C/CO. The summed E-state index contributed by atoms with van der Waals surface area (Å²) in [6, 6.07) is 7.74. The van der Waals surface area contributed by atoms with Crippen LogP contribution in [0.3, 0.4) is 0 Å². The minimum Gasteiger partial charge on any atom is -0.458 e. The van der Waals surface area contributed by atoms with Crippen molar-refractivity contribution in [2.24, 2.45) is 0 Å². The Labute approximate surface area is 127 Å². The van der Waals surface area contributed by atoms with Gasteiger partial charge in [-0.15, -0.1) is 5.98 Å². The first kappa shape index (κ1) is 16.8. The maximum atomic E-state index is 9.01. The third-order valence-corrected chi connectivity index (χ3v) is 2.52.